The first kappa shape index (κ1) is 18.0. The van der Waals surface area contributed by atoms with Crippen molar-refractivity contribution >= 4 is 34.7 Å². The Kier molecular flexibility index (Phi) is 5.91. The second-order valence-electron chi connectivity index (χ2n) is 5.88. The minimum atomic E-state index is -0.483. The van der Waals surface area contributed by atoms with E-state index in [1.165, 1.54) is 17.3 Å². The summed E-state index contributed by atoms with van der Waals surface area (Å²) in [6.45, 7) is 2.41. The third kappa shape index (κ3) is 5.10. The smallest absolute Gasteiger partial charge is 0.321 e. The van der Waals surface area contributed by atoms with Crippen LogP contribution in [0.4, 0.5) is 4.79 Å². The number of fused-ring (bicyclic) bond motifs is 1. The molecular formula is C19H20N4O2S. The molecule has 0 bridgehead atoms. The zero-order valence-electron chi connectivity index (χ0n) is 14.4. The van der Waals surface area contributed by atoms with Crippen molar-refractivity contribution in [1.82, 2.24) is 20.6 Å². The van der Waals surface area contributed by atoms with Gasteiger partial charge in [-0.25, -0.2) is 9.78 Å². The van der Waals surface area contributed by atoms with Gasteiger partial charge in [0.1, 0.15) is 0 Å². The minimum absolute atomic E-state index is 0.236. The van der Waals surface area contributed by atoms with Gasteiger partial charge in [0.2, 0.25) is 5.91 Å². The maximum absolute atomic E-state index is 11.9. The van der Waals surface area contributed by atoms with E-state index in [-0.39, 0.29) is 12.3 Å². The summed E-state index contributed by atoms with van der Waals surface area (Å²) in [5.41, 5.74) is 4.03. The summed E-state index contributed by atoms with van der Waals surface area (Å²) in [4.78, 5) is 31.3. The Morgan fingerprint density at radius 2 is 1.96 bits per heavy atom. The number of hydrogen-bond donors (Lipinski definition) is 3. The van der Waals surface area contributed by atoms with Gasteiger partial charge in [-0.15, -0.1) is 0 Å². The molecule has 0 spiro atoms. The van der Waals surface area contributed by atoms with Crippen LogP contribution >= 0.6 is 11.8 Å². The number of imidazole rings is 1. The maximum Gasteiger partial charge on any atom is 0.321 e. The Hall–Kier alpha value is -2.80. The molecule has 1 heterocycles. The number of amides is 3. The van der Waals surface area contributed by atoms with Gasteiger partial charge in [-0.1, -0.05) is 48.2 Å². The topological polar surface area (TPSA) is 86.9 Å². The monoisotopic (exact) mass is 368 g/mol. The third-order valence-electron chi connectivity index (χ3n) is 3.73. The molecule has 3 amide bonds. The van der Waals surface area contributed by atoms with Crippen LogP contribution in [0.5, 0.6) is 0 Å². The highest BCUT2D eigenvalue weighted by atomic mass is 32.2. The summed E-state index contributed by atoms with van der Waals surface area (Å²) >= 11 is 1.46. The number of nitrogens with zero attached hydrogens (tertiary/aromatic N) is 1. The number of urea groups is 1. The van der Waals surface area contributed by atoms with Crippen molar-refractivity contribution < 1.29 is 9.59 Å². The number of hydrogen-bond acceptors (Lipinski definition) is 4. The summed E-state index contributed by atoms with van der Waals surface area (Å²) in [6.07, 6.45) is 0.236. The lowest BCUT2D eigenvalue weighted by Gasteiger charge is -2.06. The van der Waals surface area contributed by atoms with Gasteiger partial charge in [0.25, 0.3) is 0 Å². The molecule has 0 saturated carbocycles. The Labute approximate surface area is 155 Å². The van der Waals surface area contributed by atoms with E-state index in [1.807, 2.05) is 55.5 Å². The summed E-state index contributed by atoms with van der Waals surface area (Å²) in [7, 11) is 0. The predicted molar refractivity (Wildman–Crippen MR) is 103 cm³/mol. The number of carbonyl (C=O) groups excluding carboxylic acids is 2. The summed E-state index contributed by atoms with van der Waals surface area (Å²) in [5.74, 6) is 0.228. The lowest BCUT2D eigenvalue weighted by atomic mass is 10.2. The Morgan fingerprint density at radius 1 is 1.15 bits per heavy atom. The van der Waals surface area contributed by atoms with Gasteiger partial charge in [0.05, 0.1) is 11.0 Å². The first-order valence-electron chi connectivity index (χ1n) is 8.31. The van der Waals surface area contributed by atoms with Gasteiger partial charge in [0.15, 0.2) is 5.16 Å². The number of aromatic amines is 1. The van der Waals surface area contributed by atoms with Crippen LogP contribution in [-0.4, -0.2) is 27.7 Å². The lowest BCUT2D eigenvalue weighted by Crippen LogP contribution is -2.39. The van der Waals surface area contributed by atoms with Crippen molar-refractivity contribution in [3.8, 4) is 0 Å². The van der Waals surface area contributed by atoms with Gasteiger partial charge >= 0.3 is 6.03 Å². The molecule has 0 aliphatic rings. The fraction of sp³-hybridized carbons (Fsp3) is 0.211. The second-order valence-corrected chi connectivity index (χ2v) is 6.96. The highest BCUT2D eigenvalue weighted by Crippen LogP contribution is 2.20. The molecule has 0 aliphatic heterocycles. The number of aryl methyl sites for hydroxylation is 1. The number of carbonyl (C=O) groups is 2. The molecular weight excluding hydrogens is 348 g/mol. The lowest BCUT2D eigenvalue weighted by molar-refractivity contribution is -0.119. The molecule has 3 N–H and O–H groups in total. The molecule has 0 fully saturated rings. The van der Waals surface area contributed by atoms with E-state index in [1.54, 1.807) is 0 Å². The van der Waals surface area contributed by atoms with Crippen LogP contribution in [0.3, 0.4) is 0 Å². The van der Waals surface area contributed by atoms with Crippen LogP contribution in [0.2, 0.25) is 0 Å². The highest BCUT2D eigenvalue weighted by Gasteiger charge is 2.09. The summed E-state index contributed by atoms with van der Waals surface area (Å²) < 4.78 is 0. The fourth-order valence-corrected chi connectivity index (χ4v) is 3.25. The number of rotatable bonds is 6. The largest absolute Gasteiger partial charge is 0.334 e. The molecule has 6 nitrogen and oxygen atoms in total. The second kappa shape index (κ2) is 8.53. The number of imide groups is 1. The molecule has 7 heteroatoms. The SMILES string of the molecule is Cc1ccc2nc(SCCC(=O)NC(=O)NCc3ccccc3)[nH]c2c1. The molecule has 134 valence electrons. The van der Waals surface area contributed by atoms with Gasteiger partial charge < -0.3 is 10.3 Å². The molecule has 2 aromatic carbocycles. The molecule has 0 radical (unpaired) electrons. The number of benzene rings is 2. The molecule has 0 aliphatic carbocycles. The molecule has 3 aromatic rings. The van der Waals surface area contributed by atoms with Crippen molar-refractivity contribution in [2.45, 2.75) is 25.0 Å². The number of aromatic nitrogens is 2. The zero-order valence-corrected chi connectivity index (χ0v) is 15.2. The van der Waals surface area contributed by atoms with E-state index < -0.39 is 6.03 Å². The first-order valence-corrected chi connectivity index (χ1v) is 9.29. The van der Waals surface area contributed by atoms with Gasteiger partial charge in [-0.2, -0.15) is 0 Å². The number of H-pyrrole nitrogens is 1. The fourth-order valence-electron chi connectivity index (χ4n) is 2.42. The summed E-state index contributed by atoms with van der Waals surface area (Å²) in [5, 5.41) is 5.77. The predicted octanol–water partition coefficient (Wildman–Crippen LogP) is 3.38. The van der Waals surface area contributed by atoms with Crippen LogP contribution in [0, 0.1) is 6.92 Å². The molecule has 3 rings (SSSR count). The van der Waals surface area contributed by atoms with Crippen LogP contribution < -0.4 is 10.6 Å². The van der Waals surface area contributed by atoms with Gasteiger partial charge in [-0.3, -0.25) is 10.1 Å². The van der Waals surface area contributed by atoms with E-state index in [2.05, 4.69) is 20.6 Å². The quantitative estimate of drug-likeness (QED) is 0.582. The Balaban J connectivity index is 1.39. The zero-order chi connectivity index (χ0) is 18.4. The van der Waals surface area contributed by atoms with Crippen molar-refractivity contribution in [3.05, 3.63) is 59.7 Å². The molecule has 26 heavy (non-hydrogen) atoms. The maximum atomic E-state index is 11.9. The molecule has 1 aromatic heterocycles. The molecule has 0 saturated heterocycles. The van der Waals surface area contributed by atoms with Crippen molar-refractivity contribution in [2.75, 3.05) is 5.75 Å². The van der Waals surface area contributed by atoms with Crippen molar-refractivity contribution in [3.63, 3.8) is 0 Å². The highest BCUT2D eigenvalue weighted by molar-refractivity contribution is 7.99. The Bertz CT molecular complexity index is 908. The van der Waals surface area contributed by atoms with E-state index in [9.17, 15) is 9.59 Å². The van der Waals surface area contributed by atoms with Gasteiger partial charge in [0, 0.05) is 18.7 Å². The van der Waals surface area contributed by atoms with Crippen LogP contribution in [0.25, 0.3) is 11.0 Å². The van der Waals surface area contributed by atoms with Crippen molar-refractivity contribution in [1.29, 1.82) is 0 Å². The standard InChI is InChI=1S/C19H20N4O2S/c1-13-7-8-15-16(11-13)22-19(21-15)26-10-9-17(24)23-18(25)20-12-14-5-3-2-4-6-14/h2-8,11H,9-10,12H2,1H3,(H,21,22)(H2,20,23,24,25). The van der Waals surface area contributed by atoms with Crippen LogP contribution in [-0.2, 0) is 11.3 Å². The first-order chi connectivity index (χ1) is 12.6. The van der Waals surface area contributed by atoms with Crippen LogP contribution in [0.1, 0.15) is 17.5 Å². The summed E-state index contributed by atoms with van der Waals surface area (Å²) in [6, 6.07) is 15.1. The van der Waals surface area contributed by atoms with E-state index in [0.717, 1.165) is 21.8 Å². The molecule has 0 unspecified atom stereocenters. The van der Waals surface area contributed by atoms with Gasteiger partial charge in [-0.05, 0) is 30.2 Å². The third-order valence-corrected chi connectivity index (χ3v) is 4.61. The van der Waals surface area contributed by atoms with E-state index in [0.29, 0.717) is 12.3 Å². The average molecular weight is 368 g/mol. The van der Waals surface area contributed by atoms with Crippen LogP contribution in [0.15, 0.2) is 53.7 Å². The average Bonchev–Trinajstić information content (AvgIpc) is 3.02. The number of thioether (sulfide) groups is 1. The van der Waals surface area contributed by atoms with Crippen molar-refractivity contribution in [2.24, 2.45) is 0 Å². The number of nitrogens with one attached hydrogen (secondary N) is 3. The normalized spacial score (nSPS) is 10.7. The Morgan fingerprint density at radius 3 is 2.77 bits per heavy atom. The van der Waals surface area contributed by atoms with E-state index in [4.69, 9.17) is 0 Å². The van der Waals surface area contributed by atoms with E-state index >= 15 is 0 Å². The molecule has 0 atom stereocenters. The minimum Gasteiger partial charge on any atom is -0.334 e.